The summed E-state index contributed by atoms with van der Waals surface area (Å²) in [5.41, 5.74) is 1.09. The van der Waals surface area contributed by atoms with Crippen molar-refractivity contribution in [3.05, 3.63) is 71.0 Å². The van der Waals surface area contributed by atoms with Gasteiger partial charge in [0, 0.05) is 22.0 Å². The van der Waals surface area contributed by atoms with Crippen molar-refractivity contribution in [2.75, 3.05) is 17.1 Å². The first-order valence-electron chi connectivity index (χ1n) is 7.80. The summed E-state index contributed by atoms with van der Waals surface area (Å²) in [6.07, 6.45) is 1.63. The first-order chi connectivity index (χ1) is 12.9. The number of halogens is 1. The molecule has 7 nitrogen and oxygen atoms in total. The Morgan fingerprint density at radius 3 is 2.41 bits per heavy atom. The van der Waals surface area contributed by atoms with Crippen molar-refractivity contribution in [2.45, 2.75) is 4.90 Å². The minimum atomic E-state index is -3.93. The maximum absolute atomic E-state index is 12.8. The van der Waals surface area contributed by atoms with Gasteiger partial charge < -0.3 is 15.0 Å². The Hall–Kier alpha value is -2.78. The summed E-state index contributed by atoms with van der Waals surface area (Å²) in [4.78, 5) is 14.9. The van der Waals surface area contributed by atoms with Gasteiger partial charge in [-0.25, -0.2) is 8.42 Å². The topological polar surface area (TPSA) is 100 Å². The van der Waals surface area contributed by atoms with Gasteiger partial charge in [-0.1, -0.05) is 15.9 Å². The molecule has 3 N–H and O–H groups in total. The number of carbonyl (C=O) groups is 1. The number of hydrogen-bond acceptors (Lipinski definition) is 4. The van der Waals surface area contributed by atoms with Crippen LogP contribution in [0.15, 0.2) is 70.2 Å². The molecule has 140 valence electrons. The van der Waals surface area contributed by atoms with Gasteiger partial charge in [0.25, 0.3) is 15.9 Å². The van der Waals surface area contributed by atoms with Crippen LogP contribution in [-0.4, -0.2) is 26.4 Å². The monoisotopic (exact) mass is 449 g/mol. The Kier molecular flexibility index (Phi) is 5.52. The minimum absolute atomic E-state index is 0.0859. The minimum Gasteiger partial charge on any atom is -0.495 e. The summed E-state index contributed by atoms with van der Waals surface area (Å²) in [6.45, 7) is 0. The van der Waals surface area contributed by atoms with Gasteiger partial charge in [-0.15, -0.1) is 0 Å². The van der Waals surface area contributed by atoms with Gasteiger partial charge in [0.2, 0.25) is 0 Å². The Morgan fingerprint density at radius 1 is 1.07 bits per heavy atom. The van der Waals surface area contributed by atoms with Crippen LogP contribution in [0, 0.1) is 0 Å². The van der Waals surface area contributed by atoms with Gasteiger partial charge in [0.05, 0.1) is 7.11 Å². The number of methoxy groups -OCH3 is 1. The van der Waals surface area contributed by atoms with Crippen LogP contribution in [0.3, 0.4) is 0 Å². The number of amides is 1. The van der Waals surface area contributed by atoms with Crippen LogP contribution in [0.2, 0.25) is 0 Å². The average Bonchev–Trinajstić information content (AvgIpc) is 3.18. The number of sulfonamides is 1. The second-order valence-electron chi connectivity index (χ2n) is 5.52. The van der Waals surface area contributed by atoms with Crippen LogP contribution in [0.1, 0.15) is 10.5 Å². The van der Waals surface area contributed by atoms with Crippen LogP contribution in [0.5, 0.6) is 5.75 Å². The van der Waals surface area contributed by atoms with Gasteiger partial charge in [-0.05, 0) is 54.6 Å². The lowest BCUT2D eigenvalue weighted by atomic mass is 10.3. The molecule has 3 rings (SSSR count). The predicted molar refractivity (Wildman–Crippen MR) is 107 cm³/mol. The zero-order valence-electron chi connectivity index (χ0n) is 14.2. The van der Waals surface area contributed by atoms with Crippen molar-refractivity contribution in [1.29, 1.82) is 0 Å². The molecule has 1 amide bonds. The molecule has 2 aromatic carbocycles. The number of carbonyl (C=O) groups excluding carboxylic acids is 1. The Morgan fingerprint density at radius 2 is 1.78 bits per heavy atom. The summed E-state index contributed by atoms with van der Waals surface area (Å²) in [7, 11) is -2.55. The Labute approximate surface area is 164 Å². The Balaban J connectivity index is 1.90. The fourth-order valence-electron chi connectivity index (χ4n) is 2.36. The highest BCUT2D eigenvalue weighted by Crippen LogP contribution is 2.29. The van der Waals surface area contributed by atoms with Crippen molar-refractivity contribution in [3.63, 3.8) is 0 Å². The predicted octanol–water partition coefficient (Wildman–Crippen LogP) is 3.84. The van der Waals surface area contributed by atoms with Crippen LogP contribution in [0.4, 0.5) is 11.4 Å². The highest BCUT2D eigenvalue weighted by molar-refractivity contribution is 9.10. The first-order valence-corrected chi connectivity index (χ1v) is 10.1. The molecule has 0 saturated heterocycles. The van der Waals surface area contributed by atoms with Gasteiger partial charge in [-0.2, -0.15) is 0 Å². The fourth-order valence-corrected chi connectivity index (χ4v) is 3.88. The van der Waals surface area contributed by atoms with E-state index in [2.05, 4.69) is 31.0 Å². The third kappa shape index (κ3) is 4.50. The van der Waals surface area contributed by atoms with E-state index in [1.54, 1.807) is 48.7 Å². The zero-order chi connectivity index (χ0) is 19.4. The average molecular weight is 450 g/mol. The van der Waals surface area contributed by atoms with Gasteiger partial charge in [0.15, 0.2) is 0 Å². The zero-order valence-corrected chi connectivity index (χ0v) is 16.6. The van der Waals surface area contributed by atoms with E-state index in [1.165, 1.54) is 19.2 Å². The maximum atomic E-state index is 12.8. The number of benzene rings is 2. The number of aromatic amines is 1. The molecule has 0 unspecified atom stereocenters. The molecule has 0 bridgehead atoms. The second kappa shape index (κ2) is 7.85. The standard InChI is InChI=1S/C18H16BrN3O4S/c1-26-16-9-8-14(21-18(23)15-3-2-10-20-15)11-17(16)27(24,25)22-13-6-4-12(19)5-7-13/h2-11,20,22H,1H3,(H,21,23). The van der Waals surface area contributed by atoms with E-state index in [4.69, 9.17) is 4.74 Å². The molecule has 27 heavy (non-hydrogen) atoms. The molecule has 0 saturated carbocycles. The number of hydrogen-bond donors (Lipinski definition) is 3. The van der Waals surface area contributed by atoms with E-state index in [0.29, 0.717) is 17.1 Å². The van der Waals surface area contributed by atoms with Gasteiger partial charge in [0.1, 0.15) is 16.3 Å². The number of nitrogens with one attached hydrogen (secondary N) is 3. The molecule has 1 aromatic heterocycles. The van der Waals surface area contributed by atoms with Gasteiger partial charge >= 0.3 is 0 Å². The molecule has 1 heterocycles. The molecular weight excluding hydrogens is 434 g/mol. The summed E-state index contributed by atoms with van der Waals surface area (Å²) in [6, 6.07) is 14.4. The first kappa shape index (κ1) is 19.0. The third-order valence-electron chi connectivity index (χ3n) is 3.65. The van der Waals surface area contributed by atoms with Crippen molar-refractivity contribution in [3.8, 4) is 5.75 Å². The van der Waals surface area contributed by atoms with E-state index in [0.717, 1.165) is 4.47 Å². The molecule has 0 atom stereocenters. The normalized spacial score (nSPS) is 11.0. The van der Waals surface area contributed by atoms with Crippen LogP contribution < -0.4 is 14.8 Å². The highest BCUT2D eigenvalue weighted by atomic mass is 79.9. The summed E-state index contributed by atoms with van der Waals surface area (Å²) in [5, 5.41) is 2.66. The van der Waals surface area contributed by atoms with E-state index in [-0.39, 0.29) is 16.6 Å². The summed E-state index contributed by atoms with van der Waals surface area (Å²) in [5.74, 6) is -0.216. The Bertz CT molecular complexity index is 1050. The van der Waals surface area contributed by atoms with Crippen molar-refractivity contribution in [1.82, 2.24) is 4.98 Å². The molecule has 0 spiro atoms. The quantitative estimate of drug-likeness (QED) is 0.531. The molecule has 0 aliphatic heterocycles. The largest absolute Gasteiger partial charge is 0.495 e. The van der Waals surface area contributed by atoms with Crippen molar-refractivity contribution in [2.24, 2.45) is 0 Å². The van der Waals surface area contributed by atoms with E-state index in [1.807, 2.05) is 0 Å². The number of rotatable bonds is 6. The van der Waals surface area contributed by atoms with Crippen LogP contribution in [-0.2, 0) is 10.0 Å². The van der Waals surface area contributed by atoms with E-state index < -0.39 is 10.0 Å². The van der Waals surface area contributed by atoms with Gasteiger partial charge in [-0.3, -0.25) is 9.52 Å². The smallest absolute Gasteiger partial charge is 0.272 e. The summed E-state index contributed by atoms with van der Waals surface area (Å²) < 4.78 is 34.1. The number of ether oxygens (including phenoxy) is 1. The molecule has 3 aromatic rings. The lowest BCUT2D eigenvalue weighted by Crippen LogP contribution is -2.16. The van der Waals surface area contributed by atoms with E-state index in [9.17, 15) is 13.2 Å². The fraction of sp³-hybridized carbons (Fsp3) is 0.0556. The van der Waals surface area contributed by atoms with Crippen molar-refractivity contribution < 1.29 is 17.9 Å². The van der Waals surface area contributed by atoms with E-state index >= 15 is 0 Å². The molecule has 0 fully saturated rings. The van der Waals surface area contributed by atoms with Crippen LogP contribution >= 0.6 is 15.9 Å². The molecule has 0 aliphatic carbocycles. The molecule has 0 aliphatic rings. The molecule has 0 radical (unpaired) electrons. The molecular formula is C18H16BrN3O4S. The van der Waals surface area contributed by atoms with Crippen LogP contribution in [0.25, 0.3) is 0 Å². The number of H-pyrrole nitrogens is 1. The third-order valence-corrected chi connectivity index (χ3v) is 5.58. The SMILES string of the molecule is COc1ccc(NC(=O)c2ccc[nH]2)cc1S(=O)(=O)Nc1ccc(Br)cc1. The number of anilines is 2. The second-order valence-corrected chi connectivity index (χ2v) is 8.08. The lowest BCUT2D eigenvalue weighted by molar-refractivity contribution is 0.102. The summed E-state index contributed by atoms with van der Waals surface area (Å²) >= 11 is 3.30. The number of aromatic nitrogens is 1. The molecule has 9 heteroatoms. The highest BCUT2D eigenvalue weighted by Gasteiger charge is 2.21. The lowest BCUT2D eigenvalue weighted by Gasteiger charge is -2.13. The van der Waals surface area contributed by atoms with Crippen molar-refractivity contribution >= 4 is 43.2 Å². The maximum Gasteiger partial charge on any atom is 0.272 e.